The molecule has 2 fully saturated rings. The lowest BCUT2D eigenvalue weighted by Crippen LogP contribution is -2.46. The zero-order chi connectivity index (χ0) is 18.9. The first-order chi connectivity index (χ1) is 13.3. The molecule has 0 aromatic carbocycles. The molecular weight excluding hydrogens is 489 g/mol. The highest BCUT2D eigenvalue weighted by Crippen LogP contribution is 2.17. The molecule has 2 N–H and O–H groups in total. The van der Waals surface area contributed by atoms with Gasteiger partial charge in [-0.05, 0) is 31.2 Å². The molecular formula is C19H32IN5O2S. The first kappa shape index (κ1) is 23.4. The highest BCUT2D eigenvalue weighted by atomic mass is 127. The number of carbonyl (C=O) groups is 1. The predicted octanol–water partition coefficient (Wildman–Crippen LogP) is 1.86. The minimum Gasteiger partial charge on any atom is -0.379 e. The Morgan fingerprint density at radius 2 is 2.14 bits per heavy atom. The maximum Gasteiger partial charge on any atom is 0.261 e. The number of hydrogen-bond acceptors (Lipinski definition) is 5. The van der Waals surface area contributed by atoms with Crippen LogP contribution in [0, 0.1) is 0 Å². The van der Waals surface area contributed by atoms with E-state index < -0.39 is 0 Å². The number of thiophene rings is 1. The number of nitrogens with zero attached hydrogens (tertiary/aromatic N) is 3. The Morgan fingerprint density at radius 1 is 1.32 bits per heavy atom. The van der Waals surface area contributed by atoms with Crippen LogP contribution in [-0.2, 0) is 4.74 Å². The molecule has 1 aromatic rings. The molecule has 28 heavy (non-hydrogen) atoms. The van der Waals surface area contributed by atoms with Gasteiger partial charge in [-0.3, -0.25) is 14.7 Å². The quantitative estimate of drug-likeness (QED) is 0.248. The number of guanidine groups is 1. The van der Waals surface area contributed by atoms with Gasteiger partial charge in [0, 0.05) is 51.9 Å². The zero-order valence-electron chi connectivity index (χ0n) is 16.6. The molecule has 2 aliphatic rings. The molecule has 2 saturated heterocycles. The maximum atomic E-state index is 11.9. The maximum absolute atomic E-state index is 11.9. The van der Waals surface area contributed by atoms with E-state index in [-0.39, 0.29) is 29.9 Å². The van der Waals surface area contributed by atoms with E-state index in [1.165, 1.54) is 17.8 Å². The van der Waals surface area contributed by atoms with Gasteiger partial charge in [0.05, 0.1) is 18.1 Å². The second-order valence-corrected chi connectivity index (χ2v) is 7.81. The zero-order valence-corrected chi connectivity index (χ0v) is 19.7. The molecule has 1 aromatic heterocycles. The molecule has 3 rings (SSSR count). The molecule has 0 radical (unpaired) electrons. The number of halogens is 1. The second kappa shape index (κ2) is 12.6. The number of rotatable bonds is 7. The summed E-state index contributed by atoms with van der Waals surface area (Å²) >= 11 is 1.47. The van der Waals surface area contributed by atoms with Crippen LogP contribution in [0.5, 0.6) is 0 Å². The normalized spacial score (nSPS) is 20.7. The Bertz CT molecular complexity index is 607. The third-order valence-electron chi connectivity index (χ3n) is 4.99. The number of morpholine rings is 1. The Kier molecular flexibility index (Phi) is 10.5. The molecule has 1 amide bonds. The van der Waals surface area contributed by atoms with Crippen molar-refractivity contribution < 1.29 is 9.53 Å². The Morgan fingerprint density at radius 3 is 2.86 bits per heavy atom. The van der Waals surface area contributed by atoms with E-state index in [4.69, 9.17) is 9.73 Å². The van der Waals surface area contributed by atoms with Crippen molar-refractivity contribution in [1.29, 1.82) is 0 Å². The van der Waals surface area contributed by atoms with E-state index in [0.717, 1.165) is 63.2 Å². The lowest BCUT2D eigenvalue weighted by atomic mass is 10.2. The van der Waals surface area contributed by atoms with Crippen molar-refractivity contribution >= 4 is 47.2 Å². The number of hydrogen-bond donors (Lipinski definition) is 2. The van der Waals surface area contributed by atoms with E-state index in [0.29, 0.717) is 19.1 Å². The highest BCUT2D eigenvalue weighted by molar-refractivity contribution is 14.0. The van der Waals surface area contributed by atoms with Crippen molar-refractivity contribution in [2.75, 3.05) is 59.0 Å². The summed E-state index contributed by atoms with van der Waals surface area (Å²) in [7, 11) is 0. The van der Waals surface area contributed by atoms with Crippen molar-refractivity contribution in [3.05, 3.63) is 22.4 Å². The van der Waals surface area contributed by atoms with E-state index in [9.17, 15) is 4.79 Å². The van der Waals surface area contributed by atoms with Gasteiger partial charge in [0.1, 0.15) is 0 Å². The summed E-state index contributed by atoms with van der Waals surface area (Å²) in [5.41, 5.74) is 0. The van der Waals surface area contributed by atoms with Crippen molar-refractivity contribution in [2.45, 2.75) is 25.8 Å². The van der Waals surface area contributed by atoms with Gasteiger partial charge in [0.2, 0.25) is 0 Å². The average molecular weight is 521 g/mol. The standard InChI is InChI=1S/C19H31N5O2S.HI/c1-2-20-19(22-8-4-7-21-18(25)17-5-3-14-27-17)24-9-6-16(15-24)23-10-12-26-13-11-23;/h3,5,14,16H,2,4,6-13,15H2,1H3,(H,20,22)(H,21,25);1H. The Labute approximate surface area is 188 Å². The monoisotopic (exact) mass is 521 g/mol. The summed E-state index contributed by atoms with van der Waals surface area (Å²) in [6.07, 6.45) is 2.02. The van der Waals surface area contributed by atoms with Gasteiger partial charge in [-0.25, -0.2) is 0 Å². The fraction of sp³-hybridized carbons (Fsp3) is 0.684. The third-order valence-corrected chi connectivity index (χ3v) is 5.86. The van der Waals surface area contributed by atoms with Crippen molar-refractivity contribution in [2.24, 2.45) is 4.99 Å². The molecule has 0 spiro atoms. The van der Waals surface area contributed by atoms with Gasteiger partial charge in [0.15, 0.2) is 5.96 Å². The summed E-state index contributed by atoms with van der Waals surface area (Å²) in [4.78, 5) is 22.4. The molecule has 0 bridgehead atoms. The van der Waals surface area contributed by atoms with E-state index in [1.807, 2.05) is 17.5 Å². The minimum atomic E-state index is 0. The topological polar surface area (TPSA) is 69.2 Å². The van der Waals surface area contributed by atoms with Crippen molar-refractivity contribution in [1.82, 2.24) is 20.4 Å². The number of likely N-dealkylation sites (tertiary alicyclic amines) is 1. The minimum absolute atomic E-state index is 0. The van der Waals surface area contributed by atoms with Crippen LogP contribution < -0.4 is 10.6 Å². The summed E-state index contributed by atoms with van der Waals surface area (Å²) in [6, 6.07) is 4.34. The molecule has 2 aliphatic heterocycles. The van der Waals surface area contributed by atoms with E-state index >= 15 is 0 Å². The molecule has 0 saturated carbocycles. The van der Waals surface area contributed by atoms with Gasteiger partial charge >= 0.3 is 0 Å². The van der Waals surface area contributed by atoms with Crippen LogP contribution in [0.3, 0.4) is 0 Å². The fourth-order valence-electron chi connectivity index (χ4n) is 3.56. The van der Waals surface area contributed by atoms with Crippen molar-refractivity contribution in [3.8, 4) is 0 Å². The number of ether oxygens (including phenoxy) is 1. The van der Waals surface area contributed by atoms with E-state index in [1.54, 1.807) is 0 Å². The Balaban J connectivity index is 0.00000280. The molecule has 7 nitrogen and oxygen atoms in total. The molecule has 1 atom stereocenters. The molecule has 158 valence electrons. The van der Waals surface area contributed by atoms with Gasteiger partial charge in [-0.15, -0.1) is 35.3 Å². The molecule has 0 aliphatic carbocycles. The number of aliphatic imine (C=N–C) groups is 1. The third kappa shape index (κ3) is 6.85. The Hall–Kier alpha value is -0.910. The van der Waals surface area contributed by atoms with Crippen LogP contribution in [0.1, 0.15) is 29.4 Å². The van der Waals surface area contributed by atoms with Gasteiger partial charge in [0.25, 0.3) is 5.91 Å². The van der Waals surface area contributed by atoms with Crippen LogP contribution in [0.25, 0.3) is 0 Å². The fourth-order valence-corrected chi connectivity index (χ4v) is 4.20. The second-order valence-electron chi connectivity index (χ2n) is 6.86. The van der Waals surface area contributed by atoms with Crippen LogP contribution in [0.4, 0.5) is 0 Å². The molecule has 1 unspecified atom stereocenters. The van der Waals surface area contributed by atoms with E-state index in [2.05, 4.69) is 27.4 Å². The number of carbonyl (C=O) groups excluding carboxylic acids is 1. The molecule has 3 heterocycles. The summed E-state index contributed by atoms with van der Waals surface area (Å²) in [5.74, 6) is 1.01. The number of amides is 1. The van der Waals surface area contributed by atoms with Crippen LogP contribution in [0.2, 0.25) is 0 Å². The van der Waals surface area contributed by atoms with Gasteiger partial charge in [-0.1, -0.05) is 6.07 Å². The number of nitrogens with one attached hydrogen (secondary N) is 2. The van der Waals surface area contributed by atoms with Crippen molar-refractivity contribution in [3.63, 3.8) is 0 Å². The SMILES string of the molecule is CCNC(=NCCCNC(=O)c1cccs1)N1CCC(N2CCOCC2)C1.I. The lowest BCUT2D eigenvalue weighted by molar-refractivity contribution is 0.0195. The largest absolute Gasteiger partial charge is 0.379 e. The van der Waals surface area contributed by atoms with Gasteiger partial charge in [-0.2, -0.15) is 0 Å². The predicted molar refractivity (Wildman–Crippen MR) is 125 cm³/mol. The first-order valence-corrected chi connectivity index (χ1v) is 10.8. The smallest absolute Gasteiger partial charge is 0.261 e. The van der Waals surface area contributed by atoms with Crippen LogP contribution in [-0.4, -0.2) is 86.7 Å². The summed E-state index contributed by atoms with van der Waals surface area (Å²) < 4.78 is 5.47. The highest BCUT2D eigenvalue weighted by Gasteiger charge is 2.30. The summed E-state index contributed by atoms with van der Waals surface area (Å²) in [5, 5.41) is 8.30. The molecule has 9 heteroatoms. The van der Waals surface area contributed by atoms with Crippen LogP contribution >= 0.6 is 35.3 Å². The van der Waals surface area contributed by atoms with Gasteiger partial charge < -0.3 is 20.3 Å². The summed E-state index contributed by atoms with van der Waals surface area (Å²) in [6.45, 7) is 10.2. The first-order valence-electron chi connectivity index (χ1n) is 9.94. The van der Waals surface area contributed by atoms with Crippen LogP contribution in [0.15, 0.2) is 22.5 Å². The lowest BCUT2D eigenvalue weighted by Gasteiger charge is -2.32. The average Bonchev–Trinajstić information content (AvgIpc) is 3.39.